The number of hydrogen-bond acceptors (Lipinski definition) is 1. The van der Waals surface area contributed by atoms with Crippen LogP contribution in [0.25, 0.3) is 23.1 Å². The van der Waals surface area contributed by atoms with Gasteiger partial charge < -0.3 is 17.3 Å². The fourth-order valence-corrected chi connectivity index (χ4v) is 3.52. The molecule has 3 aromatic rings. The van der Waals surface area contributed by atoms with E-state index in [4.69, 9.17) is 0 Å². The van der Waals surface area contributed by atoms with Crippen LogP contribution in [0, 0.1) is 6.92 Å². The molecule has 0 aliphatic rings. The summed E-state index contributed by atoms with van der Waals surface area (Å²) >= 11 is 0. The Hall–Kier alpha value is -2.32. The molecule has 0 saturated heterocycles. The predicted molar refractivity (Wildman–Crippen MR) is 113 cm³/mol. The Morgan fingerprint density at radius 3 is 2.19 bits per heavy atom. The van der Waals surface area contributed by atoms with Gasteiger partial charge in [0.25, 0.3) is 0 Å². The van der Waals surface area contributed by atoms with E-state index in [0.29, 0.717) is 0 Å². The summed E-state index contributed by atoms with van der Waals surface area (Å²) in [7, 11) is 0. The third-order valence-corrected chi connectivity index (χ3v) is 5.00. The third kappa shape index (κ3) is 4.70. The summed E-state index contributed by atoms with van der Waals surface area (Å²) in [6, 6.07) is 19.9. The molecule has 0 atom stereocenters. The molecule has 3 rings (SSSR count). The average molecular weight is 381 g/mol. The number of rotatable bonds is 6. The molecule has 1 heterocycles. The van der Waals surface area contributed by atoms with Gasteiger partial charge in [0.1, 0.15) is 6.54 Å². The molecule has 27 heavy (non-hydrogen) atoms. The van der Waals surface area contributed by atoms with E-state index in [0.717, 1.165) is 19.6 Å². The summed E-state index contributed by atoms with van der Waals surface area (Å²) in [5.74, 6) is 0. The molecule has 0 saturated carbocycles. The van der Waals surface area contributed by atoms with Crippen molar-refractivity contribution in [1.29, 1.82) is 0 Å². The van der Waals surface area contributed by atoms with E-state index in [1.807, 2.05) is 0 Å². The van der Waals surface area contributed by atoms with Crippen molar-refractivity contribution in [2.75, 3.05) is 18.0 Å². The molecule has 0 radical (unpaired) electrons. The second-order valence-corrected chi connectivity index (χ2v) is 6.66. The minimum atomic E-state index is 0. The molecule has 3 heteroatoms. The van der Waals surface area contributed by atoms with E-state index in [-0.39, 0.29) is 12.4 Å². The van der Waals surface area contributed by atoms with Crippen LogP contribution >= 0.6 is 0 Å². The minimum Gasteiger partial charge on any atom is -1.00 e. The molecule has 2 aromatic carbocycles. The topological polar surface area (TPSA) is 7.12 Å². The predicted octanol–water partition coefficient (Wildman–Crippen LogP) is 2.48. The molecule has 2 nitrogen and oxygen atoms in total. The smallest absolute Gasteiger partial charge is 0.212 e. The molecule has 0 fully saturated rings. The lowest BCUT2D eigenvalue weighted by atomic mass is 10.1. The SMILES string of the molecule is CCN(CC)c1ccc(/C=C/c2ccc3cc(C)ccc3[n+]2CC)cc1.[Cl-]. The van der Waals surface area contributed by atoms with Crippen molar-refractivity contribution in [3.63, 3.8) is 0 Å². The van der Waals surface area contributed by atoms with Crippen molar-refractivity contribution >= 4 is 28.7 Å². The van der Waals surface area contributed by atoms with Crippen LogP contribution in [0.5, 0.6) is 0 Å². The molecule has 0 spiro atoms. The van der Waals surface area contributed by atoms with Gasteiger partial charge in [-0.2, -0.15) is 4.57 Å². The average Bonchev–Trinajstić information content (AvgIpc) is 2.67. The number of fused-ring (bicyclic) bond motifs is 1. The summed E-state index contributed by atoms with van der Waals surface area (Å²) in [6.45, 7) is 11.8. The number of pyridine rings is 1. The van der Waals surface area contributed by atoms with Gasteiger partial charge in [0.15, 0.2) is 0 Å². The largest absolute Gasteiger partial charge is 1.00 e. The Balaban J connectivity index is 0.00000261. The summed E-state index contributed by atoms with van der Waals surface area (Å²) in [5.41, 5.74) is 6.34. The van der Waals surface area contributed by atoms with Crippen molar-refractivity contribution in [3.05, 3.63) is 71.4 Å². The Morgan fingerprint density at radius 2 is 1.56 bits per heavy atom. The normalized spacial score (nSPS) is 11.0. The monoisotopic (exact) mass is 380 g/mol. The molecule has 1 aromatic heterocycles. The van der Waals surface area contributed by atoms with Gasteiger partial charge in [0, 0.05) is 42.4 Å². The number of anilines is 1. The highest BCUT2D eigenvalue weighted by Crippen LogP contribution is 2.17. The van der Waals surface area contributed by atoms with E-state index in [1.165, 1.54) is 33.4 Å². The fourth-order valence-electron chi connectivity index (χ4n) is 3.52. The molecule has 0 N–H and O–H groups in total. The van der Waals surface area contributed by atoms with Crippen LogP contribution in [-0.2, 0) is 6.54 Å². The lowest BCUT2D eigenvalue weighted by Crippen LogP contribution is -3.00. The zero-order valence-electron chi connectivity index (χ0n) is 16.7. The number of hydrogen-bond donors (Lipinski definition) is 0. The Kier molecular flexibility index (Phi) is 7.44. The van der Waals surface area contributed by atoms with Crippen LogP contribution in [0.4, 0.5) is 5.69 Å². The second kappa shape index (κ2) is 9.57. The summed E-state index contributed by atoms with van der Waals surface area (Å²) in [5, 5.41) is 1.30. The van der Waals surface area contributed by atoms with Crippen LogP contribution in [-0.4, -0.2) is 13.1 Å². The van der Waals surface area contributed by atoms with Gasteiger partial charge in [-0.25, -0.2) is 0 Å². The number of aromatic nitrogens is 1. The zero-order valence-corrected chi connectivity index (χ0v) is 17.5. The van der Waals surface area contributed by atoms with E-state index < -0.39 is 0 Å². The molecule has 0 bridgehead atoms. The van der Waals surface area contributed by atoms with Crippen molar-refractivity contribution < 1.29 is 17.0 Å². The summed E-state index contributed by atoms with van der Waals surface area (Å²) in [6.07, 6.45) is 4.42. The van der Waals surface area contributed by atoms with Gasteiger partial charge in [-0.1, -0.05) is 23.8 Å². The minimum absolute atomic E-state index is 0. The Bertz CT molecular complexity index is 910. The van der Waals surface area contributed by atoms with Crippen molar-refractivity contribution in [1.82, 2.24) is 0 Å². The highest BCUT2D eigenvalue weighted by molar-refractivity contribution is 5.78. The van der Waals surface area contributed by atoms with Gasteiger partial charge in [-0.15, -0.1) is 0 Å². The fraction of sp³-hybridized carbons (Fsp3) is 0.292. The van der Waals surface area contributed by atoms with Gasteiger partial charge in [0.2, 0.25) is 11.2 Å². The van der Waals surface area contributed by atoms with Crippen LogP contribution < -0.4 is 21.9 Å². The first-order valence-corrected chi connectivity index (χ1v) is 9.62. The molecular weight excluding hydrogens is 352 g/mol. The molecule has 0 amide bonds. The van der Waals surface area contributed by atoms with E-state index in [2.05, 4.69) is 104 Å². The van der Waals surface area contributed by atoms with Crippen LogP contribution in [0.2, 0.25) is 0 Å². The number of halogens is 1. The standard InChI is InChI=1S/C24H29N2.ClH/c1-5-25(6-2)22-13-9-20(10-14-22)11-15-23-16-12-21-18-19(4)8-17-24(21)26(23)7-3;/h8-18H,5-7H2,1-4H3;1H/q+1;/p-1. The maximum atomic E-state index is 2.37. The second-order valence-electron chi connectivity index (χ2n) is 6.66. The Morgan fingerprint density at radius 1 is 0.852 bits per heavy atom. The third-order valence-electron chi connectivity index (χ3n) is 5.00. The van der Waals surface area contributed by atoms with E-state index >= 15 is 0 Å². The Labute approximate surface area is 169 Å². The van der Waals surface area contributed by atoms with Crippen LogP contribution in [0.15, 0.2) is 54.6 Å². The first-order valence-electron chi connectivity index (χ1n) is 9.62. The molecule has 0 unspecified atom stereocenters. The van der Waals surface area contributed by atoms with Gasteiger partial charge >= 0.3 is 0 Å². The molecule has 142 valence electrons. The molecule has 0 aliphatic carbocycles. The first kappa shape index (κ1) is 21.0. The maximum Gasteiger partial charge on any atom is 0.212 e. The molecular formula is C24H29ClN2. The number of benzene rings is 2. The summed E-state index contributed by atoms with van der Waals surface area (Å²) < 4.78 is 2.37. The zero-order chi connectivity index (χ0) is 18.5. The van der Waals surface area contributed by atoms with Gasteiger partial charge in [-0.05, 0) is 63.6 Å². The lowest BCUT2D eigenvalue weighted by Gasteiger charge is -2.20. The lowest BCUT2D eigenvalue weighted by molar-refractivity contribution is -0.669. The van der Waals surface area contributed by atoms with Crippen molar-refractivity contribution in [2.45, 2.75) is 34.2 Å². The maximum absolute atomic E-state index is 2.37. The molecule has 0 aliphatic heterocycles. The highest BCUT2D eigenvalue weighted by Gasteiger charge is 2.11. The quantitative estimate of drug-likeness (QED) is 0.596. The van der Waals surface area contributed by atoms with Crippen LogP contribution in [0.3, 0.4) is 0 Å². The van der Waals surface area contributed by atoms with E-state index in [1.54, 1.807) is 0 Å². The van der Waals surface area contributed by atoms with Gasteiger partial charge in [0.05, 0.1) is 0 Å². The van der Waals surface area contributed by atoms with Gasteiger partial charge in [-0.3, -0.25) is 0 Å². The number of aryl methyl sites for hydroxylation is 2. The van der Waals surface area contributed by atoms with Crippen LogP contribution in [0.1, 0.15) is 37.6 Å². The summed E-state index contributed by atoms with van der Waals surface area (Å²) in [4.78, 5) is 2.36. The highest BCUT2D eigenvalue weighted by atomic mass is 35.5. The van der Waals surface area contributed by atoms with E-state index in [9.17, 15) is 0 Å². The van der Waals surface area contributed by atoms with Crippen molar-refractivity contribution in [2.24, 2.45) is 0 Å². The first-order chi connectivity index (χ1) is 12.7. The number of nitrogens with zero attached hydrogens (tertiary/aromatic N) is 2. The van der Waals surface area contributed by atoms with Crippen molar-refractivity contribution in [3.8, 4) is 0 Å².